The van der Waals surface area contributed by atoms with Gasteiger partial charge in [-0.3, -0.25) is 19.2 Å². The van der Waals surface area contributed by atoms with Crippen molar-refractivity contribution >= 4 is 32.0 Å². The summed E-state index contributed by atoms with van der Waals surface area (Å²) in [5, 5.41) is 0. The molecule has 21 heteroatoms. The highest BCUT2D eigenvalue weighted by Gasteiger charge is 2.60. The summed E-state index contributed by atoms with van der Waals surface area (Å²) in [6.07, 6.45) is 5.44. The first-order valence-corrected chi connectivity index (χ1v) is 47.8. The second-order valence-electron chi connectivity index (χ2n) is 38.9. The minimum absolute atomic E-state index is 0. The minimum atomic E-state index is -4.59. The van der Waals surface area contributed by atoms with Gasteiger partial charge in [-0.1, -0.05) is 455 Å². The third-order valence-corrected chi connectivity index (χ3v) is 24.6. The number of esters is 4. The zero-order chi connectivity index (χ0) is 90.9. The van der Waals surface area contributed by atoms with Crippen molar-refractivity contribution in [2.45, 2.75) is 577 Å². The Labute approximate surface area is 806 Å². The van der Waals surface area contributed by atoms with Crippen molar-refractivity contribution in [2.24, 2.45) is 97.6 Å². The third-order valence-electron chi connectivity index (χ3n) is 22.8. The fourth-order valence-corrected chi connectivity index (χ4v) is 13.7. The lowest BCUT2D eigenvalue weighted by molar-refractivity contribution is -0.236. The summed E-state index contributed by atoms with van der Waals surface area (Å²) < 4.78 is 175. The molecule has 1 aliphatic rings. The van der Waals surface area contributed by atoms with Crippen LogP contribution in [0.25, 0.3) is 0 Å². The number of carbonyl (C=O) groups excluding carboxylic acids is 4. The number of rotatable bonds is 37. The molecule has 812 valence electrons. The van der Waals surface area contributed by atoms with Gasteiger partial charge >= 0.3 is 48.6 Å². The number of unbranched alkanes of at least 4 members (excludes halogenated alkanes) is 2. The molecule has 1 fully saturated rings. The molecule has 0 N–H and O–H groups in total. The van der Waals surface area contributed by atoms with E-state index in [9.17, 15) is 71.9 Å². The summed E-state index contributed by atoms with van der Waals surface area (Å²) in [6.45, 7) is 71.5. The predicted octanol–water partition coefficient (Wildman–Crippen LogP) is 42.7. The normalized spacial score (nSPS) is 14.8. The molecule has 0 aliphatic heterocycles. The Kier molecular flexibility index (Phi) is 130. The van der Waals surface area contributed by atoms with Crippen molar-refractivity contribution in [3.63, 3.8) is 0 Å². The quantitative estimate of drug-likeness (QED) is 0.0262. The van der Waals surface area contributed by atoms with Crippen molar-refractivity contribution in [1.82, 2.24) is 0 Å². The molecule has 0 amide bonds. The summed E-state index contributed by atoms with van der Waals surface area (Å²) in [7, 11) is -0.736. The monoisotopic (exact) mass is 1930 g/mol. The maximum absolute atomic E-state index is 12.9. The largest absolute Gasteiger partial charge is 0.465 e. The molecule has 0 heterocycles. The number of halogens is 12. The first kappa shape index (κ1) is 186. The van der Waals surface area contributed by atoms with Crippen LogP contribution in [0.4, 0.5) is 52.7 Å². The van der Waals surface area contributed by atoms with E-state index in [-0.39, 0.29) is 193 Å². The molecule has 1 saturated carbocycles. The van der Waals surface area contributed by atoms with Crippen LogP contribution in [0.15, 0.2) is 0 Å². The van der Waals surface area contributed by atoms with Crippen LogP contribution in [-0.4, -0.2) is 82.1 Å². The molecule has 0 aromatic carbocycles. The second kappa shape index (κ2) is 90.4. The summed E-state index contributed by atoms with van der Waals surface area (Å²) in [6, 6.07) is 1.50. The van der Waals surface area contributed by atoms with E-state index in [1.54, 1.807) is 0 Å². The number of hydrogen-bond acceptors (Lipinski definition) is 8. The Morgan fingerprint density at radius 1 is 0.318 bits per heavy atom. The molecule has 1 aliphatic carbocycles. The molecule has 10 unspecified atom stereocenters. The highest BCUT2D eigenvalue weighted by atomic mass is 28.3. The SMILES string of the molecule is C.C.C.C.C.C.C.C.C.C.C.C.C.C.C.C.CCC(C)(C(=O)OC(C(C)C)C(C)C)C(F)(F)F.CCC(C)(C(=O)OC(C(C)C)C(C)C)C(F)(F)F.CCC(C)CC(C)(C)C.CCC(C)CC(C)(C)C.CCC(C)CC1CCCCC1.CCC(C)CC[Si](C)(C)C.CCCCC(CC)COC(=O)C(C)(CC)C(F)(F)F.CCCCC(CC)COC(=O)C(C)(CC)C(F)(F)F. The molecule has 1 rings (SSSR count). The molecule has 0 aromatic rings. The molecule has 129 heavy (non-hydrogen) atoms. The van der Waals surface area contributed by atoms with Crippen LogP contribution in [-0.2, 0) is 38.1 Å². The van der Waals surface area contributed by atoms with Crippen molar-refractivity contribution in [3.8, 4) is 0 Å². The lowest BCUT2D eigenvalue weighted by Gasteiger charge is -2.33. The first-order valence-electron chi connectivity index (χ1n) is 44.1. The molecular formula is C108H244F12O8Si. The molecule has 0 bridgehead atoms. The number of carbonyl (C=O) groups is 4. The van der Waals surface area contributed by atoms with Crippen molar-refractivity contribution in [1.29, 1.82) is 0 Å². The number of ether oxygens (including phenoxy) is 4. The Morgan fingerprint density at radius 3 is 0.705 bits per heavy atom. The van der Waals surface area contributed by atoms with E-state index in [1.165, 1.54) is 117 Å². The molecule has 0 spiro atoms. The zero-order valence-electron chi connectivity index (χ0n) is 79.6. The van der Waals surface area contributed by atoms with Gasteiger partial charge in [-0.05, 0) is 161 Å². The van der Waals surface area contributed by atoms with Crippen LogP contribution in [0.1, 0.15) is 515 Å². The maximum atomic E-state index is 12.9. The van der Waals surface area contributed by atoms with Gasteiger partial charge in [0, 0.05) is 8.07 Å². The Hall–Kier alpha value is -2.74. The molecule has 0 radical (unpaired) electrons. The van der Waals surface area contributed by atoms with Gasteiger partial charge in [0.25, 0.3) is 0 Å². The van der Waals surface area contributed by atoms with Gasteiger partial charge in [-0.15, -0.1) is 0 Å². The van der Waals surface area contributed by atoms with Crippen molar-refractivity contribution < 1.29 is 90.8 Å². The Morgan fingerprint density at radius 2 is 0.543 bits per heavy atom. The third kappa shape index (κ3) is 83.2. The van der Waals surface area contributed by atoms with Gasteiger partial charge in [0.05, 0.1) is 13.2 Å². The van der Waals surface area contributed by atoms with Gasteiger partial charge in [0.15, 0.2) is 21.7 Å². The van der Waals surface area contributed by atoms with Crippen LogP contribution < -0.4 is 0 Å². The second-order valence-corrected chi connectivity index (χ2v) is 44.5. The average molecular weight is 1930 g/mol. The van der Waals surface area contributed by atoms with Crippen LogP contribution in [0.5, 0.6) is 0 Å². The lowest BCUT2D eigenvalue weighted by atomic mass is 9.83. The highest BCUT2D eigenvalue weighted by molar-refractivity contribution is 6.76. The Balaban J connectivity index is -0.0000000472. The van der Waals surface area contributed by atoms with Gasteiger partial charge in [0.1, 0.15) is 12.2 Å². The van der Waals surface area contributed by atoms with Gasteiger partial charge in [-0.25, -0.2) is 0 Å². The molecular weight excluding hydrogens is 1680 g/mol. The van der Waals surface area contributed by atoms with E-state index >= 15 is 0 Å². The standard InChI is InChI=1S/2C14H25F3O2.2C13H23F3O2.C11H22.C9H22Si.2C9H20.16CH4/c2*1-5-8-9-11(6-2)10-19-12(18)13(4,7-3)14(15,16)17;2*1-7-12(6,13(14,15)16)11(17)18-10(8(2)3)9(4)5;1-3-10(2)9-11-7-5-4-6-8-11;1-6-9(2)7-8-10(3,4)5;2*1-6-8(2)7-9(3,4)5;;;;;;;;;;;;;;;;/h2*11H,5-10H2,1-4H3;2*8-10H,7H2,1-6H3;10-11H,3-9H2,1-2H3;9H,6-8H2,1-5H3;2*8H,6-7H2,1-5H3;16*1H4. The smallest absolute Gasteiger partial charge is 0.404 e. The lowest BCUT2D eigenvalue weighted by Crippen LogP contribution is -2.45. The number of hydrogen-bond donors (Lipinski definition) is 0. The molecule has 0 saturated heterocycles. The zero-order valence-corrected chi connectivity index (χ0v) is 80.6. The average Bonchev–Trinajstić information content (AvgIpc) is 0.822. The van der Waals surface area contributed by atoms with Crippen molar-refractivity contribution in [2.75, 3.05) is 13.2 Å². The molecule has 0 aromatic heterocycles. The predicted molar refractivity (Wildman–Crippen MR) is 563 cm³/mol. The Bertz CT molecular complexity index is 2220. The van der Waals surface area contributed by atoms with E-state index in [2.05, 4.69) is 130 Å². The summed E-state index contributed by atoms with van der Waals surface area (Å²) in [5.41, 5.74) is -8.58. The van der Waals surface area contributed by atoms with Crippen LogP contribution in [0.2, 0.25) is 25.7 Å². The topological polar surface area (TPSA) is 105 Å². The maximum Gasteiger partial charge on any atom is 0.404 e. The van der Waals surface area contributed by atoms with E-state index in [1.807, 2.05) is 69.2 Å². The minimum Gasteiger partial charge on any atom is -0.465 e. The summed E-state index contributed by atoms with van der Waals surface area (Å²) in [4.78, 5) is 47.0. The van der Waals surface area contributed by atoms with Gasteiger partial charge in [0.2, 0.25) is 0 Å². The van der Waals surface area contributed by atoms with Gasteiger partial charge < -0.3 is 18.9 Å². The van der Waals surface area contributed by atoms with E-state index in [0.717, 1.165) is 109 Å². The van der Waals surface area contributed by atoms with Crippen LogP contribution >= 0.6 is 0 Å². The fraction of sp³-hybridized carbons (Fsp3) is 0.963. The van der Waals surface area contributed by atoms with Crippen LogP contribution in [0, 0.1) is 97.6 Å². The van der Waals surface area contributed by atoms with E-state index < -0.39 is 90.5 Å². The summed E-state index contributed by atoms with van der Waals surface area (Å²) >= 11 is 0. The van der Waals surface area contributed by atoms with Crippen molar-refractivity contribution in [3.05, 3.63) is 0 Å². The van der Waals surface area contributed by atoms with E-state index in [4.69, 9.17) is 18.9 Å². The first-order chi connectivity index (χ1) is 51.1. The summed E-state index contributed by atoms with van der Waals surface area (Å²) in [5.74, 6) is 0.387. The molecule has 8 nitrogen and oxygen atoms in total. The van der Waals surface area contributed by atoms with Gasteiger partial charge in [-0.2, -0.15) is 52.7 Å². The van der Waals surface area contributed by atoms with Crippen LogP contribution in [0.3, 0.4) is 0 Å². The number of alkyl halides is 12. The fourth-order valence-electron chi connectivity index (χ4n) is 12.4. The molecule has 10 atom stereocenters. The highest BCUT2D eigenvalue weighted by Crippen LogP contribution is 2.46. The van der Waals surface area contributed by atoms with E-state index in [0.29, 0.717) is 10.8 Å².